The Morgan fingerprint density at radius 3 is 2.40 bits per heavy atom. The Balaban J connectivity index is 1.19. The highest BCUT2D eigenvalue weighted by Crippen LogP contribution is 2.43. The number of para-hydroxylation sites is 1. The number of carboxylic acids is 1. The molecule has 3 aromatic carbocycles. The van der Waals surface area contributed by atoms with Crippen molar-refractivity contribution in [3.63, 3.8) is 0 Å². The largest absolute Gasteiger partial charge is 0.478 e. The second-order valence-corrected chi connectivity index (χ2v) is 12.8. The van der Waals surface area contributed by atoms with Gasteiger partial charge in [0.15, 0.2) is 6.73 Å². The SMILES string of the molecule is C[C@@H]1COCCN1c1cc(Cl)c(C(=O)N2COc3c(cccc3-c3cc(N4C5CCC4COC5)c(C(=O)O)cc3F)C2)c(Cl)c1. The number of morpholine rings is 2. The standard InChI is InChI=1S/C33H32Cl2FN3O6/c1-18-14-43-8-7-38(18)22-9-26(34)30(27(35)10-22)32(40)37-13-19-3-2-4-23(31(19)45-17-37)24-12-29(25(33(41)42)11-28(24)36)39-20-5-6-21(39)16-44-15-20/h2-4,9-12,18,20-21H,5-8,13-17H2,1H3,(H,41,42)/t18-,20?,21?/m1/s1. The van der Waals surface area contributed by atoms with Crippen molar-refractivity contribution < 1.29 is 33.3 Å². The Labute approximate surface area is 270 Å². The lowest BCUT2D eigenvalue weighted by atomic mass is 9.96. The molecule has 1 amide bonds. The molecule has 3 aromatic rings. The van der Waals surface area contributed by atoms with E-state index in [0.29, 0.717) is 55.5 Å². The van der Waals surface area contributed by atoms with Crippen molar-refractivity contribution in [3.8, 4) is 16.9 Å². The van der Waals surface area contributed by atoms with Gasteiger partial charge in [0.25, 0.3) is 5.91 Å². The summed E-state index contributed by atoms with van der Waals surface area (Å²) in [6, 6.07) is 11.7. The van der Waals surface area contributed by atoms with E-state index in [4.69, 9.17) is 37.4 Å². The molecule has 12 heteroatoms. The first kappa shape index (κ1) is 30.1. The second-order valence-electron chi connectivity index (χ2n) is 12.0. The number of amides is 1. The average molecular weight is 657 g/mol. The summed E-state index contributed by atoms with van der Waals surface area (Å²) in [6.45, 7) is 5.00. The van der Waals surface area contributed by atoms with Crippen molar-refractivity contribution in [1.29, 1.82) is 0 Å². The summed E-state index contributed by atoms with van der Waals surface area (Å²) in [5.74, 6) is -1.80. The van der Waals surface area contributed by atoms with Gasteiger partial charge in [-0.2, -0.15) is 0 Å². The number of carbonyl (C=O) groups excluding carboxylic acids is 1. The van der Waals surface area contributed by atoms with Crippen LogP contribution >= 0.6 is 23.2 Å². The first-order valence-corrected chi connectivity index (χ1v) is 15.8. The maximum absolute atomic E-state index is 15.7. The monoisotopic (exact) mass is 655 g/mol. The Kier molecular flexibility index (Phi) is 8.02. The van der Waals surface area contributed by atoms with Crippen molar-refractivity contribution in [1.82, 2.24) is 4.90 Å². The molecular formula is C33H32Cl2FN3O6. The summed E-state index contributed by atoms with van der Waals surface area (Å²) in [4.78, 5) is 31.6. The highest BCUT2D eigenvalue weighted by Gasteiger charge is 2.40. The summed E-state index contributed by atoms with van der Waals surface area (Å²) in [5.41, 5.74) is 2.79. The number of nitrogens with zero attached hydrogens (tertiary/aromatic N) is 3. The fraction of sp³-hybridized carbons (Fsp3) is 0.394. The molecule has 1 N–H and O–H groups in total. The van der Waals surface area contributed by atoms with Gasteiger partial charge in [-0.15, -0.1) is 0 Å². The van der Waals surface area contributed by atoms with Gasteiger partial charge in [-0.3, -0.25) is 4.79 Å². The molecule has 0 radical (unpaired) electrons. The molecule has 9 nitrogen and oxygen atoms in total. The molecule has 2 unspecified atom stereocenters. The highest BCUT2D eigenvalue weighted by atomic mass is 35.5. The lowest BCUT2D eigenvalue weighted by Gasteiger charge is -2.37. The fourth-order valence-electron chi connectivity index (χ4n) is 6.99. The predicted molar refractivity (Wildman–Crippen MR) is 168 cm³/mol. The summed E-state index contributed by atoms with van der Waals surface area (Å²) in [6.07, 6.45) is 1.76. The summed E-state index contributed by atoms with van der Waals surface area (Å²) < 4.78 is 33.0. The van der Waals surface area contributed by atoms with Crippen LogP contribution in [-0.2, 0) is 16.0 Å². The van der Waals surface area contributed by atoms with Crippen molar-refractivity contribution in [2.75, 3.05) is 49.5 Å². The van der Waals surface area contributed by atoms with Gasteiger partial charge in [-0.05, 0) is 44.0 Å². The number of hydrogen-bond acceptors (Lipinski definition) is 7. The minimum atomic E-state index is -1.19. The molecular weight excluding hydrogens is 624 g/mol. The van der Waals surface area contributed by atoms with E-state index in [2.05, 4.69) is 16.7 Å². The van der Waals surface area contributed by atoms with Crippen molar-refractivity contribution in [2.24, 2.45) is 0 Å². The van der Waals surface area contributed by atoms with Crippen LogP contribution in [0.25, 0.3) is 11.1 Å². The van der Waals surface area contributed by atoms with Gasteiger partial charge >= 0.3 is 5.97 Å². The number of anilines is 2. The van der Waals surface area contributed by atoms with Gasteiger partial charge in [-0.1, -0.05) is 41.4 Å². The Bertz CT molecular complexity index is 1650. The highest BCUT2D eigenvalue weighted by molar-refractivity contribution is 6.40. The molecule has 45 heavy (non-hydrogen) atoms. The molecule has 0 aromatic heterocycles. The number of rotatable bonds is 5. The smallest absolute Gasteiger partial charge is 0.337 e. The molecule has 7 rings (SSSR count). The van der Waals surface area contributed by atoms with Gasteiger partial charge in [0.05, 0.1) is 71.9 Å². The third-order valence-electron chi connectivity index (χ3n) is 9.17. The van der Waals surface area contributed by atoms with E-state index in [1.54, 1.807) is 30.3 Å². The zero-order chi connectivity index (χ0) is 31.4. The van der Waals surface area contributed by atoms with E-state index in [9.17, 15) is 14.7 Å². The number of aromatic carboxylic acids is 1. The molecule has 0 spiro atoms. The van der Waals surface area contributed by atoms with Crippen LogP contribution in [-0.4, -0.2) is 79.7 Å². The number of ether oxygens (including phenoxy) is 3. The quantitative estimate of drug-likeness (QED) is 0.354. The van der Waals surface area contributed by atoms with Crippen LogP contribution in [0.5, 0.6) is 5.75 Å². The van der Waals surface area contributed by atoms with Crippen molar-refractivity contribution in [2.45, 2.75) is 44.4 Å². The van der Waals surface area contributed by atoms with Gasteiger partial charge in [-0.25, -0.2) is 9.18 Å². The number of halogens is 3. The summed E-state index contributed by atoms with van der Waals surface area (Å²) in [7, 11) is 0. The van der Waals surface area contributed by atoms with Crippen LogP contribution in [0.2, 0.25) is 10.0 Å². The molecule has 3 atom stereocenters. The Hall–Kier alpha value is -3.57. The van der Waals surface area contributed by atoms with Gasteiger partial charge < -0.3 is 34.0 Å². The van der Waals surface area contributed by atoms with Crippen LogP contribution in [0.1, 0.15) is 46.0 Å². The maximum Gasteiger partial charge on any atom is 0.337 e. The van der Waals surface area contributed by atoms with E-state index < -0.39 is 11.8 Å². The van der Waals surface area contributed by atoms with Crippen LogP contribution in [0.3, 0.4) is 0 Å². The zero-order valence-electron chi connectivity index (χ0n) is 24.6. The lowest BCUT2D eigenvalue weighted by Crippen LogP contribution is -2.46. The molecule has 2 bridgehead atoms. The third-order valence-corrected chi connectivity index (χ3v) is 9.77. The lowest BCUT2D eigenvalue weighted by molar-refractivity contribution is 0.0516. The second kappa shape index (κ2) is 12.0. The molecule has 0 saturated carbocycles. The molecule has 4 aliphatic rings. The molecule has 3 fully saturated rings. The van der Waals surface area contributed by atoms with Gasteiger partial charge in [0, 0.05) is 35.0 Å². The Morgan fingerprint density at radius 1 is 0.978 bits per heavy atom. The average Bonchev–Trinajstić information content (AvgIpc) is 3.27. The van der Waals surface area contributed by atoms with Crippen LogP contribution < -0.4 is 14.5 Å². The zero-order valence-corrected chi connectivity index (χ0v) is 26.1. The van der Waals surface area contributed by atoms with Crippen molar-refractivity contribution in [3.05, 3.63) is 75.0 Å². The summed E-state index contributed by atoms with van der Waals surface area (Å²) >= 11 is 13.3. The van der Waals surface area contributed by atoms with Crippen LogP contribution in [0, 0.1) is 5.82 Å². The number of carbonyl (C=O) groups is 2. The minimum absolute atomic E-state index is 0.0330. The Morgan fingerprint density at radius 2 is 1.71 bits per heavy atom. The van der Waals surface area contributed by atoms with E-state index in [-0.39, 0.29) is 64.0 Å². The van der Waals surface area contributed by atoms with Gasteiger partial charge in [0.1, 0.15) is 11.6 Å². The molecule has 4 aliphatic heterocycles. The van der Waals surface area contributed by atoms with Crippen LogP contribution in [0.15, 0.2) is 42.5 Å². The molecule has 0 aliphatic carbocycles. The van der Waals surface area contributed by atoms with Crippen LogP contribution in [0.4, 0.5) is 15.8 Å². The third kappa shape index (κ3) is 5.37. The first-order chi connectivity index (χ1) is 21.7. The first-order valence-electron chi connectivity index (χ1n) is 15.0. The predicted octanol–water partition coefficient (Wildman–Crippen LogP) is 6.08. The maximum atomic E-state index is 15.7. The summed E-state index contributed by atoms with van der Waals surface area (Å²) in [5, 5.41) is 10.4. The molecule has 236 valence electrons. The molecule has 3 saturated heterocycles. The molecule has 4 heterocycles. The van der Waals surface area contributed by atoms with Gasteiger partial charge in [0.2, 0.25) is 0 Å². The fourth-order valence-corrected chi connectivity index (χ4v) is 7.63. The van der Waals surface area contributed by atoms with E-state index >= 15 is 4.39 Å². The normalized spacial score (nSPS) is 22.7. The van der Waals surface area contributed by atoms with E-state index in [1.165, 1.54) is 4.90 Å². The number of fused-ring (bicyclic) bond motifs is 3. The van der Waals surface area contributed by atoms with E-state index in [1.807, 2.05) is 6.07 Å². The minimum Gasteiger partial charge on any atom is -0.478 e. The van der Waals surface area contributed by atoms with Crippen molar-refractivity contribution >= 4 is 46.5 Å². The van der Waals surface area contributed by atoms with E-state index in [0.717, 1.165) is 24.6 Å². The number of hydrogen-bond donors (Lipinski definition) is 1. The number of benzene rings is 3. The topological polar surface area (TPSA) is 91.8 Å². The number of carboxylic acid groups (broad SMARTS) is 1.